The summed E-state index contributed by atoms with van der Waals surface area (Å²) in [6, 6.07) is 9.82. The molecule has 0 saturated carbocycles. The molecule has 0 unspecified atom stereocenters. The van der Waals surface area contributed by atoms with Crippen LogP contribution in [0.3, 0.4) is 0 Å². The minimum atomic E-state index is 0.378. The van der Waals surface area contributed by atoms with Crippen molar-refractivity contribution in [3.63, 3.8) is 0 Å². The number of nitrogens with one attached hydrogen (secondary N) is 2. The van der Waals surface area contributed by atoms with Crippen LogP contribution in [-0.2, 0) is 11.3 Å². The van der Waals surface area contributed by atoms with Gasteiger partial charge in [0.25, 0.3) is 0 Å². The number of anilines is 1. The number of rotatable bonds is 5. The van der Waals surface area contributed by atoms with E-state index in [0.717, 1.165) is 27.0 Å². The van der Waals surface area contributed by atoms with Crippen molar-refractivity contribution in [3.05, 3.63) is 36.2 Å². The van der Waals surface area contributed by atoms with E-state index in [-0.39, 0.29) is 0 Å². The Hall–Kier alpha value is -2.12. The molecule has 6 nitrogen and oxygen atoms in total. The number of hydrogen-bond acceptors (Lipinski definition) is 6. The first kappa shape index (κ1) is 13.8. The molecule has 0 saturated heterocycles. The first-order chi connectivity index (χ1) is 10.3. The molecule has 2 heterocycles. The summed E-state index contributed by atoms with van der Waals surface area (Å²) in [5, 5.41) is 4.65. The molecule has 2 aromatic heterocycles. The second-order valence-electron chi connectivity index (χ2n) is 4.35. The Bertz CT molecular complexity index is 725. The molecule has 0 spiro atoms. The van der Waals surface area contributed by atoms with Crippen molar-refractivity contribution in [2.75, 3.05) is 19.5 Å². The number of H-pyrrole nitrogens is 1. The molecule has 1 aromatic carbocycles. The van der Waals surface area contributed by atoms with Crippen LogP contribution in [-0.4, -0.2) is 34.1 Å². The molecule has 7 heteroatoms. The average Bonchev–Trinajstić information content (AvgIpc) is 2.89. The van der Waals surface area contributed by atoms with Crippen LogP contribution in [0.1, 0.15) is 5.82 Å². The van der Waals surface area contributed by atoms with Crippen LogP contribution in [0, 0.1) is 0 Å². The third-order valence-electron chi connectivity index (χ3n) is 2.85. The van der Waals surface area contributed by atoms with Crippen LogP contribution in [0.4, 0.5) is 5.82 Å². The van der Waals surface area contributed by atoms with Crippen LogP contribution in [0.2, 0.25) is 0 Å². The molecule has 0 aliphatic heterocycles. The van der Waals surface area contributed by atoms with Gasteiger partial charge in [0.15, 0.2) is 11.0 Å². The van der Waals surface area contributed by atoms with Gasteiger partial charge < -0.3 is 15.0 Å². The second kappa shape index (κ2) is 6.11. The van der Waals surface area contributed by atoms with Crippen LogP contribution in [0.5, 0.6) is 0 Å². The van der Waals surface area contributed by atoms with E-state index in [1.54, 1.807) is 7.11 Å². The van der Waals surface area contributed by atoms with Crippen molar-refractivity contribution < 1.29 is 4.74 Å². The van der Waals surface area contributed by atoms with Crippen LogP contribution in [0.15, 0.2) is 40.5 Å². The van der Waals surface area contributed by atoms with E-state index < -0.39 is 0 Å². The highest BCUT2D eigenvalue weighted by molar-refractivity contribution is 7.99. The van der Waals surface area contributed by atoms with E-state index in [1.165, 1.54) is 11.8 Å². The number of para-hydroxylation sites is 2. The monoisotopic (exact) mass is 301 g/mol. The first-order valence-corrected chi connectivity index (χ1v) is 7.27. The molecule has 0 aliphatic rings. The number of ether oxygens (including phenoxy) is 1. The number of nitrogens with zero attached hydrogens (tertiary/aromatic N) is 3. The number of methoxy groups -OCH3 is 1. The van der Waals surface area contributed by atoms with Gasteiger partial charge in [0.2, 0.25) is 0 Å². The van der Waals surface area contributed by atoms with Crippen molar-refractivity contribution in [2.24, 2.45) is 0 Å². The van der Waals surface area contributed by atoms with E-state index in [9.17, 15) is 0 Å². The van der Waals surface area contributed by atoms with E-state index in [2.05, 4.69) is 25.3 Å². The Labute approximate surface area is 126 Å². The van der Waals surface area contributed by atoms with Gasteiger partial charge in [-0.15, -0.1) is 0 Å². The minimum Gasteiger partial charge on any atom is -0.377 e. The number of benzene rings is 1. The molecule has 0 fully saturated rings. The van der Waals surface area contributed by atoms with Gasteiger partial charge in [-0.1, -0.05) is 12.1 Å². The highest BCUT2D eigenvalue weighted by atomic mass is 32.2. The Balaban J connectivity index is 1.90. The van der Waals surface area contributed by atoms with Crippen LogP contribution in [0.25, 0.3) is 11.0 Å². The SMILES string of the molecule is CNc1cc(Sc2nc3ccccc3[nH]2)nc(COC)n1. The van der Waals surface area contributed by atoms with Crippen molar-refractivity contribution in [2.45, 2.75) is 16.8 Å². The molecule has 2 N–H and O–H groups in total. The molecule has 108 valence electrons. The van der Waals surface area contributed by atoms with Crippen molar-refractivity contribution in [3.8, 4) is 0 Å². The van der Waals surface area contributed by atoms with E-state index >= 15 is 0 Å². The normalized spacial score (nSPS) is 11.0. The van der Waals surface area contributed by atoms with Crippen LogP contribution < -0.4 is 5.32 Å². The molecule has 0 radical (unpaired) electrons. The van der Waals surface area contributed by atoms with Crippen LogP contribution >= 0.6 is 11.8 Å². The molecular formula is C14H15N5OS. The minimum absolute atomic E-state index is 0.378. The first-order valence-electron chi connectivity index (χ1n) is 6.46. The lowest BCUT2D eigenvalue weighted by molar-refractivity contribution is 0.177. The van der Waals surface area contributed by atoms with E-state index in [0.29, 0.717) is 12.4 Å². The zero-order valence-corrected chi connectivity index (χ0v) is 12.6. The van der Waals surface area contributed by atoms with E-state index in [4.69, 9.17) is 4.74 Å². The van der Waals surface area contributed by atoms with Gasteiger partial charge in [0, 0.05) is 20.2 Å². The quantitative estimate of drug-likeness (QED) is 0.706. The lowest BCUT2D eigenvalue weighted by Crippen LogP contribution is -2.02. The number of aromatic nitrogens is 4. The third-order valence-corrected chi connectivity index (χ3v) is 3.65. The highest BCUT2D eigenvalue weighted by Crippen LogP contribution is 2.27. The predicted octanol–water partition coefficient (Wildman–Crippen LogP) is 2.69. The van der Waals surface area contributed by atoms with Gasteiger partial charge in [-0.25, -0.2) is 15.0 Å². The predicted molar refractivity (Wildman–Crippen MR) is 82.5 cm³/mol. The maximum absolute atomic E-state index is 5.10. The molecule has 3 rings (SSSR count). The Kier molecular flexibility index (Phi) is 4.03. The highest BCUT2D eigenvalue weighted by Gasteiger charge is 2.08. The van der Waals surface area contributed by atoms with Crippen molar-refractivity contribution >= 4 is 28.6 Å². The lowest BCUT2D eigenvalue weighted by atomic mass is 10.3. The molecule has 0 atom stereocenters. The van der Waals surface area contributed by atoms with Gasteiger partial charge in [0.1, 0.15) is 17.5 Å². The summed E-state index contributed by atoms with van der Waals surface area (Å²) < 4.78 is 5.10. The summed E-state index contributed by atoms with van der Waals surface area (Å²) in [4.78, 5) is 16.6. The van der Waals surface area contributed by atoms with Gasteiger partial charge in [-0.05, 0) is 23.9 Å². The average molecular weight is 301 g/mol. The molecule has 21 heavy (non-hydrogen) atoms. The van der Waals surface area contributed by atoms with Crippen molar-refractivity contribution in [1.82, 2.24) is 19.9 Å². The molecule has 3 aromatic rings. The zero-order chi connectivity index (χ0) is 14.7. The standard InChI is InChI=1S/C14H15N5OS/c1-15-11-7-13(19-12(18-11)8-20-2)21-14-16-9-5-3-4-6-10(9)17-14/h3-7H,8H2,1-2H3,(H,16,17)(H,15,18,19). The summed E-state index contributed by atoms with van der Waals surface area (Å²) in [6.07, 6.45) is 0. The summed E-state index contributed by atoms with van der Waals surface area (Å²) in [5.41, 5.74) is 1.96. The van der Waals surface area contributed by atoms with Gasteiger partial charge >= 0.3 is 0 Å². The maximum atomic E-state index is 5.10. The number of imidazole rings is 1. The Morgan fingerprint density at radius 2 is 2.10 bits per heavy atom. The molecule has 0 bridgehead atoms. The second-order valence-corrected chi connectivity index (χ2v) is 5.36. The zero-order valence-electron chi connectivity index (χ0n) is 11.8. The number of fused-ring (bicyclic) bond motifs is 1. The van der Waals surface area contributed by atoms with Gasteiger partial charge in [0.05, 0.1) is 11.0 Å². The summed E-state index contributed by atoms with van der Waals surface area (Å²) in [6.45, 7) is 0.378. The van der Waals surface area contributed by atoms with E-state index in [1.807, 2.05) is 37.4 Å². The topological polar surface area (TPSA) is 75.7 Å². The molecule has 0 amide bonds. The largest absolute Gasteiger partial charge is 0.377 e. The van der Waals surface area contributed by atoms with Gasteiger partial charge in [-0.2, -0.15) is 0 Å². The molecule has 0 aliphatic carbocycles. The van der Waals surface area contributed by atoms with Gasteiger partial charge in [-0.3, -0.25) is 0 Å². The Morgan fingerprint density at radius 3 is 2.86 bits per heavy atom. The smallest absolute Gasteiger partial charge is 0.172 e. The fraction of sp³-hybridized carbons (Fsp3) is 0.214. The summed E-state index contributed by atoms with van der Waals surface area (Å²) >= 11 is 1.47. The molecular weight excluding hydrogens is 286 g/mol. The lowest BCUT2D eigenvalue weighted by Gasteiger charge is -2.05. The summed E-state index contributed by atoms with van der Waals surface area (Å²) in [5.74, 6) is 1.40. The third kappa shape index (κ3) is 3.14. The Morgan fingerprint density at radius 1 is 1.24 bits per heavy atom. The number of hydrogen-bond donors (Lipinski definition) is 2. The number of aromatic amines is 1. The fourth-order valence-electron chi connectivity index (χ4n) is 1.92. The fourth-order valence-corrected chi connectivity index (χ4v) is 2.75. The van der Waals surface area contributed by atoms with Crippen molar-refractivity contribution in [1.29, 1.82) is 0 Å². The summed E-state index contributed by atoms with van der Waals surface area (Å²) in [7, 11) is 3.45. The maximum Gasteiger partial charge on any atom is 0.172 e.